The maximum absolute atomic E-state index is 5.12. The zero-order valence-corrected chi connectivity index (χ0v) is 8.73. The van der Waals surface area contributed by atoms with Crippen LogP contribution < -0.4 is 28.4 Å². The third-order valence-electron chi connectivity index (χ3n) is 1.11. The first-order valence-electron chi connectivity index (χ1n) is 4.08. The Bertz CT molecular complexity index is 316. The van der Waals surface area contributed by atoms with Crippen LogP contribution in [0.4, 0.5) is 0 Å². The van der Waals surface area contributed by atoms with E-state index in [2.05, 4.69) is 20.7 Å². The van der Waals surface area contributed by atoms with Gasteiger partial charge in [0.2, 0.25) is 11.9 Å². The molecule has 15 heavy (non-hydrogen) atoms. The number of nitrogens with zero attached hydrogens (tertiary/aromatic N) is 3. The molecule has 9 N–H and O–H groups in total. The van der Waals surface area contributed by atoms with E-state index in [9.17, 15) is 0 Å². The highest BCUT2D eigenvalue weighted by molar-refractivity contribution is 5.93. The Labute approximate surface area is 87.8 Å². The van der Waals surface area contributed by atoms with Gasteiger partial charge in [0, 0.05) is 5.70 Å². The van der Waals surface area contributed by atoms with E-state index < -0.39 is 0 Å². The van der Waals surface area contributed by atoms with Crippen molar-refractivity contribution in [2.45, 2.75) is 13.8 Å². The molecular formula is C7H16N8. The van der Waals surface area contributed by atoms with Crippen LogP contribution >= 0.6 is 0 Å². The number of nitrogens with two attached hydrogens (primary N) is 4. The molecule has 0 fully saturated rings. The molecule has 0 aromatic carbocycles. The Morgan fingerprint density at radius 2 is 1.60 bits per heavy atom. The fraction of sp³-hybridized carbons (Fsp3) is 0.286. The molecule has 0 aromatic rings. The first kappa shape index (κ1) is 12.8. The summed E-state index contributed by atoms with van der Waals surface area (Å²) in [5, 5.41) is 10.8. The molecule has 0 atom stereocenters. The Hall–Kier alpha value is -2.25. The summed E-state index contributed by atoms with van der Waals surface area (Å²) < 4.78 is 0. The van der Waals surface area contributed by atoms with Crippen LogP contribution in [0, 0.1) is 0 Å². The molecule has 0 aliphatic carbocycles. The Morgan fingerprint density at radius 3 is 2.07 bits per heavy atom. The highest BCUT2D eigenvalue weighted by atomic mass is 15.3. The lowest BCUT2D eigenvalue weighted by atomic mass is 10.3. The molecule has 0 unspecified atom stereocenters. The van der Waals surface area contributed by atoms with Gasteiger partial charge in [-0.25, -0.2) is 0 Å². The SMILES string of the molecule is CC(/C=C(\C)NN=C(N)N)=N/N=C(N)N. The van der Waals surface area contributed by atoms with Crippen LogP contribution in [0.15, 0.2) is 27.1 Å². The molecule has 0 saturated heterocycles. The van der Waals surface area contributed by atoms with Gasteiger partial charge < -0.3 is 22.9 Å². The van der Waals surface area contributed by atoms with Crippen LogP contribution in [0.5, 0.6) is 0 Å². The van der Waals surface area contributed by atoms with Crippen molar-refractivity contribution in [2.75, 3.05) is 0 Å². The Kier molecular flexibility index (Phi) is 5.31. The minimum Gasteiger partial charge on any atom is -0.369 e. The van der Waals surface area contributed by atoms with Crippen LogP contribution in [-0.4, -0.2) is 17.6 Å². The van der Waals surface area contributed by atoms with Gasteiger partial charge in [0.25, 0.3) is 0 Å². The largest absolute Gasteiger partial charge is 0.369 e. The molecule has 0 bridgehead atoms. The van der Waals surface area contributed by atoms with Crippen molar-refractivity contribution < 1.29 is 0 Å². The van der Waals surface area contributed by atoms with Gasteiger partial charge in [0.1, 0.15) is 0 Å². The van der Waals surface area contributed by atoms with Crippen LogP contribution in [-0.2, 0) is 0 Å². The van der Waals surface area contributed by atoms with Gasteiger partial charge in [-0.15, -0.1) is 10.2 Å². The normalized spacial score (nSPS) is 11.9. The van der Waals surface area contributed by atoms with Crippen molar-refractivity contribution in [3.8, 4) is 0 Å². The van der Waals surface area contributed by atoms with Crippen molar-refractivity contribution in [1.29, 1.82) is 0 Å². The number of allylic oxidation sites excluding steroid dienone is 2. The molecule has 8 nitrogen and oxygen atoms in total. The second-order valence-electron chi connectivity index (χ2n) is 2.74. The Morgan fingerprint density at radius 1 is 1.00 bits per heavy atom. The van der Waals surface area contributed by atoms with Gasteiger partial charge in [-0.05, 0) is 19.9 Å². The van der Waals surface area contributed by atoms with E-state index in [0.717, 1.165) is 0 Å². The summed E-state index contributed by atoms with van der Waals surface area (Å²) in [4.78, 5) is 0. The zero-order chi connectivity index (χ0) is 11.8. The number of nitrogens with one attached hydrogen (secondary N) is 1. The van der Waals surface area contributed by atoms with Crippen LogP contribution in [0.25, 0.3) is 0 Å². The maximum Gasteiger partial charge on any atom is 0.211 e. The molecule has 0 aliphatic rings. The molecule has 0 amide bonds. The Balaban J connectivity index is 4.42. The minimum absolute atomic E-state index is 0.0541. The summed E-state index contributed by atoms with van der Waals surface area (Å²) in [6.07, 6.45) is 1.68. The smallest absolute Gasteiger partial charge is 0.211 e. The van der Waals surface area contributed by atoms with E-state index in [-0.39, 0.29) is 11.9 Å². The number of rotatable bonds is 4. The average molecular weight is 212 g/mol. The van der Waals surface area contributed by atoms with E-state index in [1.807, 2.05) is 0 Å². The second kappa shape index (κ2) is 6.24. The number of hydrogen-bond acceptors (Lipinski definition) is 4. The summed E-state index contributed by atoms with van der Waals surface area (Å²) in [6.45, 7) is 3.49. The van der Waals surface area contributed by atoms with Gasteiger partial charge in [-0.1, -0.05) is 0 Å². The second-order valence-corrected chi connectivity index (χ2v) is 2.74. The summed E-state index contributed by atoms with van der Waals surface area (Å²) >= 11 is 0. The molecule has 0 saturated carbocycles. The van der Waals surface area contributed by atoms with E-state index in [1.165, 1.54) is 0 Å². The third kappa shape index (κ3) is 8.09. The van der Waals surface area contributed by atoms with E-state index >= 15 is 0 Å². The summed E-state index contributed by atoms with van der Waals surface area (Å²) in [5.74, 6) is -0.154. The van der Waals surface area contributed by atoms with Gasteiger partial charge >= 0.3 is 0 Å². The summed E-state index contributed by atoms with van der Waals surface area (Å²) in [7, 11) is 0. The highest BCUT2D eigenvalue weighted by Crippen LogP contribution is 1.89. The van der Waals surface area contributed by atoms with E-state index in [1.54, 1.807) is 19.9 Å². The van der Waals surface area contributed by atoms with Gasteiger partial charge in [-0.2, -0.15) is 5.10 Å². The van der Waals surface area contributed by atoms with Crippen LogP contribution in [0.2, 0.25) is 0 Å². The first-order valence-corrected chi connectivity index (χ1v) is 4.08. The minimum atomic E-state index is -0.0995. The molecule has 0 aromatic heterocycles. The number of hydrazone groups is 1. The molecule has 0 aliphatic heterocycles. The summed E-state index contributed by atoms with van der Waals surface area (Å²) in [5.41, 5.74) is 24.4. The van der Waals surface area contributed by atoms with Gasteiger partial charge in [0.05, 0.1) is 5.71 Å². The van der Waals surface area contributed by atoms with Crippen molar-refractivity contribution in [2.24, 2.45) is 38.2 Å². The zero-order valence-electron chi connectivity index (χ0n) is 8.73. The van der Waals surface area contributed by atoms with Gasteiger partial charge in [0.15, 0.2) is 0 Å². The predicted octanol–water partition coefficient (Wildman–Crippen LogP) is -1.68. The fourth-order valence-electron chi connectivity index (χ4n) is 0.664. The molecule has 0 rings (SSSR count). The van der Waals surface area contributed by atoms with Crippen molar-refractivity contribution >= 4 is 17.6 Å². The molecule has 0 radical (unpaired) electrons. The number of guanidine groups is 2. The van der Waals surface area contributed by atoms with Crippen molar-refractivity contribution in [3.05, 3.63) is 11.8 Å². The molecule has 0 heterocycles. The van der Waals surface area contributed by atoms with Crippen molar-refractivity contribution in [3.63, 3.8) is 0 Å². The lowest BCUT2D eigenvalue weighted by molar-refractivity contribution is 0.882. The number of hydrogen-bond donors (Lipinski definition) is 5. The van der Waals surface area contributed by atoms with Crippen molar-refractivity contribution in [1.82, 2.24) is 5.43 Å². The lowest BCUT2D eigenvalue weighted by Gasteiger charge is -1.99. The molecular weight excluding hydrogens is 196 g/mol. The molecule has 0 spiro atoms. The monoisotopic (exact) mass is 212 g/mol. The van der Waals surface area contributed by atoms with Crippen LogP contribution in [0.1, 0.15) is 13.8 Å². The topological polar surface area (TPSA) is 153 Å². The first-order chi connectivity index (χ1) is 6.91. The molecule has 84 valence electrons. The standard InChI is InChI=1S/C7H16N8/c1-4(12-14-6(8)9)3-5(2)13-15-7(10)11/h3,12H,1-2H3,(H4,8,9,14)(H4,10,11,15)/b4-3+,13-5-. The highest BCUT2D eigenvalue weighted by Gasteiger charge is 1.89. The predicted molar refractivity (Wildman–Crippen MR) is 61.6 cm³/mol. The summed E-state index contributed by atoms with van der Waals surface area (Å²) in [6, 6.07) is 0. The van der Waals surface area contributed by atoms with Gasteiger partial charge in [-0.3, -0.25) is 5.43 Å². The third-order valence-corrected chi connectivity index (χ3v) is 1.11. The average Bonchev–Trinajstić information content (AvgIpc) is 2.11. The van der Waals surface area contributed by atoms with Crippen LogP contribution in [0.3, 0.4) is 0 Å². The molecule has 8 heteroatoms. The van der Waals surface area contributed by atoms with E-state index in [0.29, 0.717) is 11.4 Å². The van der Waals surface area contributed by atoms with E-state index in [4.69, 9.17) is 22.9 Å². The lowest BCUT2D eigenvalue weighted by Crippen LogP contribution is -2.25. The fourth-order valence-corrected chi connectivity index (χ4v) is 0.664. The quantitative estimate of drug-likeness (QED) is 0.214. The maximum atomic E-state index is 5.12.